The van der Waals surface area contributed by atoms with Crippen LogP contribution in [0.1, 0.15) is 337 Å². The Morgan fingerprint density at radius 2 is 0.593 bits per heavy atom. The Morgan fingerprint density at radius 3 is 0.884 bits per heavy atom. The van der Waals surface area contributed by atoms with Crippen LogP contribution in [0.4, 0.5) is 0 Å². The van der Waals surface area contributed by atoms with Crippen LogP contribution in [0.5, 0.6) is 0 Å². The molecule has 0 aliphatic carbocycles. The van der Waals surface area contributed by atoms with Gasteiger partial charge in [-0.2, -0.15) is 0 Å². The SMILES string of the molecule is CCCCCCCCCCCCCCCC(=O)O[C@H](COC(=O)CCCCCCCCCCC(C)CC)COP(=O)(O)OC[C@@H](O)COP(=O)(O)OC[C@@H](COC(=O)CCCCCCCCCC(C)C)OC(=O)CCCCCCCCCCCCC. The van der Waals surface area contributed by atoms with Gasteiger partial charge in [0, 0.05) is 25.7 Å². The molecule has 0 heterocycles. The molecule has 0 aliphatic rings. The molecule has 0 aromatic heterocycles. The minimum absolute atomic E-state index is 0.106. The summed E-state index contributed by atoms with van der Waals surface area (Å²) in [6.45, 7) is 9.47. The largest absolute Gasteiger partial charge is 0.472 e. The monoisotopic (exact) mass is 1270 g/mol. The molecular weight excluding hydrogens is 1140 g/mol. The number of hydrogen-bond donors (Lipinski definition) is 3. The summed E-state index contributed by atoms with van der Waals surface area (Å²) in [6.07, 6.45) is 42.9. The molecule has 6 atom stereocenters. The van der Waals surface area contributed by atoms with Gasteiger partial charge in [0.2, 0.25) is 0 Å². The van der Waals surface area contributed by atoms with Gasteiger partial charge in [0.15, 0.2) is 12.2 Å². The molecule has 19 heteroatoms. The van der Waals surface area contributed by atoms with Crippen molar-refractivity contribution in [3.63, 3.8) is 0 Å². The zero-order valence-corrected chi connectivity index (χ0v) is 57.4. The first kappa shape index (κ1) is 84.1. The molecule has 0 rings (SSSR count). The summed E-state index contributed by atoms with van der Waals surface area (Å²) in [6, 6.07) is 0. The van der Waals surface area contributed by atoms with E-state index in [-0.39, 0.29) is 25.7 Å². The second-order valence-electron chi connectivity index (χ2n) is 24.9. The van der Waals surface area contributed by atoms with Crippen molar-refractivity contribution in [3.05, 3.63) is 0 Å². The number of phosphoric acid groups is 2. The maximum atomic E-state index is 13.0. The molecule has 3 unspecified atom stereocenters. The van der Waals surface area contributed by atoms with E-state index < -0.39 is 97.5 Å². The summed E-state index contributed by atoms with van der Waals surface area (Å²) >= 11 is 0. The van der Waals surface area contributed by atoms with Gasteiger partial charge in [0.1, 0.15) is 19.3 Å². The molecule has 0 bridgehead atoms. The van der Waals surface area contributed by atoms with Crippen molar-refractivity contribution < 1.29 is 80.2 Å². The van der Waals surface area contributed by atoms with E-state index in [1.54, 1.807) is 0 Å². The molecule has 0 aromatic rings. The molecule has 0 saturated heterocycles. The van der Waals surface area contributed by atoms with E-state index in [4.69, 9.17) is 37.0 Å². The number of ether oxygens (including phenoxy) is 4. The molecule has 0 fully saturated rings. The molecular formula is C67H130O17P2. The Bertz CT molecular complexity index is 1690. The summed E-state index contributed by atoms with van der Waals surface area (Å²) in [5.41, 5.74) is 0. The smallest absolute Gasteiger partial charge is 0.462 e. The Kier molecular flexibility index (Phi) is 58.0. The second kappa shape index (κ2) is 59.4. The van der Waals surface area contributed by atoms with Crippen LogP contribution >= 0.6 is 15.6 Å². The molecule has 0 aliphatic heterocycles. The standard InChI is InChI=1S/C67H130O17P2/c1-7-10-12-14-16-18-20-21-23-25-33-40-46-52-67(72)83-62(55-77-64(69)49-43-37-31-27-26-30-36-42-48-60(6)9-3)57-81-85(73,74)79-53-61(68)54-80-86(75,76)82-58-63(56-78-65(70)50-44-38-34-28-29-35-41-47-59(4)5)84-66(71)51-45-39-32-24-22-19-17-15-13-11-8-2/h59-63,68H,7-58H2,1-6H3,(H,73,74)(H,75,76)/t60?,61-,62-,63-/m1/s1. The minimum atomic E-state index is -4.95. The number of esters is 4. The first-order valence-corrected chi connectivity index (χ1v) is 38.0. The molecule has 86 heavy (non-hydrogen) atoms. The summed E-state index contributed by atoms with van der Waals surface area (Å²) < 4.78 is 68.1. The van der Waals surface area contributed by atoms with Crippen molar-refractivity contribution in [1.29, 1.82) is 0 Å². The molecule has 0 amide bonds. The second-order valence-corrected chi connectivity index (χ2v) is 27.8. The Morgan fingerprint density at radius 1 is 0.337 bits per heavy atom. The third kappa shape index (κ3) is 59.7. The molecule has 0 saturated carbocycles. The Labute approximate surface area is 524 Å². The van der Waals surface area contributed by atoms with E-state index in [2.05, 4.69) is 41.5 Å². The van der Waals surface area contributed by atoms with E-state index in [0.717, 1.165) is 102 Å². The first-order chi connectivity index (χ1) is 41.4. The fraction of sp³-hybridized carbons (Fsp3) is 0.940. The van der Waals surface area contributed by atoms with Gasteiger partial charge in [-0.25, -0.2) is 9.13 Å². The van der Waals surface area contributed by atoms with Crippen LogP contribution in [0.3, 0.4) is 0 Å². The predicted molar refractivity (Wildman–Crippen MR) is 345 cm³/mol. The average Bonchev–Trinajstić information content (AvgIpc) is 3.58. The van der Waals surface area contributed by atoms with Gasteiger partial charge >= 0.3 is 39.5 Å². The maximum absolute atomic E-state index is 13.0. The Balaban J connectivity index is 5.26. The number of phosphoric ester groups is 2. The van der Waals surface area contributed by atoms with Gasteiger partial charge in [-0.1, -0.05) is 286 Å². The molecule has 3 N–H and O–H groups in total. The van der Waals surface area contributed by atoms with Crippen molar-refractivity contribution in [2.24, 2.45) is 11.8 Å². The number of hydrogen-bond acceptors (Lipinski definition) is 15. The zero-order chi connectivity index (χ0) is 63.6. The summed E-state index contributed by atoms with van der Waals surface area (Å²) in [4.78, 5) is 72.4. The third-order valence-corrected chi connectivity index (χ3v) is 17.7. The highest BCUT2D eigenvalue weighted by molar-refractivity contribution is 7.47. The topological polar surface area (TPSA) is 237 Å². The predicted octanol–water partition coefficient (Wildman–Crippen LogP) is 18.8. The van der Waals surface area contributed by atoms with Crippen molar-refractivity contribution in [1.82, 2.24) is 0 Å². The lowest BCUT2D eigenvalue weighted by Gasteiger charge is -2.21. The Hall–Kier alpha value is -1.94. The van der Waals surface area contributed by atoms with Crippen molar-refractivity contribution >= 4 is 39.5 Å². The van der Waals surface area contributed by atoms with Crippen molar-refractivity contribution in [3.8, 4) is 0 Å². The molecule has 17 nitrogen and oxygen atoms in total. The van der Waals surface area contributed by atoms with Gasteiger partial charge in [0.05, 0.1) is 26.4 Å². The van der Waals surface area contributed by atoms with E-state index in [0.29, 0.717) is 31.6 Å². The van der Waals surface area contributed by atoms with Crippen LogP contribution in [0, 0.1) is 11.8 Å². The molecule has 0 aromatic carbocycles. The molecule has 0 radical (unpaired) electrons. The lowest BCUT2D eigenvalue weighted by atomic mass is 9.99. The van der Waals surface area contributed by atoms with Crippen molar-refractivity contribution in [2.45, 2.75) is 355 Å². The van der Waals surface area contributed by atoms with Crippen LogP contribution < -0.4 is 0 Å². The van der Waals surface area contributed by atoms with E-state index in [1.807, 2.05) is 0 Å². The van der Waals surface area contributed by atoms with Gasteiger partial charge in [-0.3, -0.25) is 37.3 Å². The maximum Gasteiger partial charge on any atom is 0.472 e. The normalized spacial score (nSPS) is 14.5. The van der Waals surface area contributed by atoms with Crippen LogP contribution in [0.15, 0.2) is 0 Å². The summed E-state index contributed by atoms with van der Waals surface area (Å²) in [7, 11) is -9.89. The highest BCUT2D eigenvalue weighted by Gasteiger charge is 2.30. The van der Waals surface area contributed by atoms with Crippen LogP contribution in [0.2, 0.25) is 0 Å². The van der Waals surface area contributed by atoms with Gasteiger partial charge < -0.3 is 33.8 Å². The van der Waals surface area contributed by atoms with Crippen LogP contribution in [-0.4, -0.2) is 96.7 Å². The van der Waals surface area contributed by atoms with Crippen LogP contribution in [0.25, 0.3) is 0 Å². The summed E-state index contributed by atoms with van der Waals surface area (Å²) in [5.74, 6) is -0.645. The summed E-state index contributed by atoms with van der Waals surface area (Å²) in [5, 5.41) is 10.6. The van der Waals surface area contributed by atoms with Gasteiger partial charge in [-0.05, 0) is 37.5 Å². The number of carbonyl (C=O) groups is 4. The van der Waals surface area contributed by atoms with E-state index in [9.17, 15) is 43.2 Å². The molecule has 510 valence electrons. The minimum Gasteiger partial charge on any atom is -0.462 e. The fourth-order valence-electron chi connectivity index (χ4n) is 10.0. The van der Waals surface area contributed by atoms with E-state index >= 15 is 0 Å². The number of rotatable bonds is 66. The third-order valence-electron chi connectivity index (χ3n) is 15.8. The first-order valence-electron chi connectivity index (χ1n) is 35.0. The zero-order valence-electron chi connectivity index (χ0n) is 55.6. The van der Waals surface area contributed by atoms with Gasteiger partial charge in [0.25, 0.3) is 0 Å². The number of aliphatic hydroxyl groups is 1. The van der Waals surface area contributed by atoms with E-state index in [1.165, 1.54) is 148 Å². The quantitative estimate of drug-likeness (QED) is 0.0222. The fourth-order valence-corrected chi connectivity index (χ4v) is 11.6. The van der Waals surface area contributed by atoms with Gasteiger partial charge in [-0.15, -0.1) is 0 Å². The number of unbranched alkanes of at least 4 members (excludes halogenated alkanes) is 35. The highest BCUT2D eigenvalue weighted by Crippen LogP contribution is 2.45. The highest BCUT2D eigenvalue weighted by atomic mass is 31.2. The molecule has 0 spiro atoms. The van der Waals surface area contributed by atoms with Crippen molar-refractivity contribution in [2.75, 3.05) is 39.6 Å². The average molecular weight is 1270 g/mol. The lowest BCUT2D eigenvalue weighted by Crippen LogP contribution is -2.30. The number of aliphatic hydroxyl groups excluding tert-OH is 1. The number of carbonyl (C=O) groups excluding carboxylic acids is 4. The lowest BCUT2D eigenvalue weighted by molar-refractivity contribution is -0.161. The van der Waals surface area contributed by atoms with Crippen LogP contribution in [-0.2, 0) is 65.4 Å².